The molecule has 6 heteroatoms. The maximum atomic E-state index is 5.15. The van der Waals surface area contributed by atoms with E-state index in [9.17, 15) is 0 Å². The van der Waals surface area contributed by atoms with Crippen LogP contribution in [-0.4, -0.2) is 34.6 Å². The van der Waals surface area contributed by atoms with Crippen LogP contribution < -0.4 is 10.1 Å². The van der Waals surface area contributed by atoms with Gasteiger partial charge in [-0.05, 0) is 35.0 Å². The molecule has 102 valence electrons. The van der Waals surface area contributed by atoms with E-state index in [1.807, 2.05) is 11.8 Å². The summed E-state index contributed by atoms with van der Waals surface area (Å²) >= 11 is 5.23. The van der Waals surface area contributed by atoms with Gasteiger partial charge in [0.1, 0.15) is 0 Å². The Morgan fingerprint density at radius 1 is 1.44 bits per heavy atom. The monoisotopic (exact) mass is 333 g/mol. The number of hydrogen-bond donors (Lipinski definition) is 1. The van der Waals surface area contributed by atoms with Crippen molar-refractivity contribution >= 4 is 33.6 Å². The lowest BCUT2D eigenvalue weighted by Crippen LogP contribution is -2.32. The maximum Gasteiger partial charge on any atom is 0.232 e. The Hall–Kier alpha value is -0.490. The van der Waals surface area contributed by atoms with Crippen LogP contribution in [0.1, 0.15) is 26.7 Å². The number of anilines is 1. The highest BCUT2D eigenvalue weighted by Gasteiger charge is 2.24. The summed E-state index contributed by atoms with van der Waals surface area (Å²) in [6, 6.07) is 0. The number of methoxy groups -OCH3 is 1. The Bertz CT molecular complexity index is 377. The van der Waals surface area contributed by atoms with E-state index in [-0.39, 0.29) is 4.75 Å². The van der Waals surface area contributed by atoms with Crippen LogP contribution in [0.3, 0.4) is 0 Å². The molecule has 0 radical (unpaired) electrons. The molecule has 1 aromatic rings. The fraction of sp³-hybridized carbons (Fsp3) is 0.667. The number of ether oxygens (including phenoxy) is 1. The van der Waals surface area contributed by atoms with Gasteiger partial charge in [0.05, 0.1) is 17.8 Å². The Kier molecular flexibility index (Phi) is 6.21. The average Bonchev–Trinajstić information content (AvgIpc) is 2.42. The minimum Gasteiger partial charge on any atom is -0.480 e. The quantitative estimate of drug-likeness (QED) is 0.826. The second-order valence-corrected chi connectivity index (χ2v) is 6.13. The fourth-order valence-corrected chi connectivity index (χ4v) is 2.83. The fourth-order valence-electron chi connectivity index (χ4n) is 1.68. The predicted octanol–water partition coefficient (Wildman–Crippen LogP) is 3.58. The van der Waals surface area contributed by atoms with E-state index in [0.717, 1.165) is 23.9 Å². The van der Waals surface area contributed by atoms with Crippen LogP contribution in [0.5, 0.6) is 5.88 Å². The first-order valence-corrected chi connectivity index (χ1v) is 7.98. The van der Waals surface area contributed by atoms with Crippen molar-refractivity contribution in [1.29, 1.82) is 0 Å². The smallest absolute Gasteiger partial charge is 0.232 e. The van der Waals surface area contributed by atoms with Crippen LogP contribution in [0, 0.1) is 0 Å². The van der Waals surface area contributed by atoms with Gasteiger partial charge in [-0.15, -0.1) is 0 Å². The SMILES string of the molecule is CCC(CC)(CNc1ncc(Br)c(OC)n1)SC. The van der Waals surface area contributed by atoms with E-state index in [0.29, 0.717) is 11.8 Å². The van der Waals surface area contributed by atoms with Crippen molar-refractivity contribution in [3.63, 3.8) is 0 Å². The molecule has 0 aromatic carbocycles. The van der Waals surface area contributed by atoms with Crippen molar-refractivity contribution in [2.45, 2.75) is 31.4 Å². The van der Waals surface area contributed by atoms with Crippen molar-refractivity contribution in [3.8, 4) is 5.88 Å². The third-order valence-corrected chi connectivity index (χ3v) is 5.33. The first-order chi connectivity index (χ1) is 8.60. The molecular weight excluding hydrogens is 314 g/mol. The van der Waals surface area contributed by atoms with Gasteiger partial charge in [-0.25, -0.2) is 4.98 Å². The second kappa shape index (κ2) is 7.19. The summed E-state index contributed by atoms with van der Waals surface area (Å²) in [5, 5.41) is 3.30. The summed E-state index contributed by atoms with van der Waals surface area (Å²) in [5.74, 6) is 1.16. The number of rotatable bonds is 7. The van der Waals surface area contributed by atoms with E-state index in [4.69, 9.17) is 4.74 Å². The second-order valence-electron chi connectivity index (χ2n) is 4.00. The first-order valence-electron chi connectivity index (χ1n) is 5.96. The number of halogens is 1. The molecule has 0 atom stereocenters. The van der Waals surface area contributed by atoms with Crippen LogP contribution in [0.15, 0.2) is 10.7 Å². The minimum atomic E-state index is 0.240. The molecule has 0 spiro atoms. The summed E-state index contributed by atoms with van der Waals surface area (Å²) in [6.07, 6.45) is 6.08. The van der Waals surface area contributed by atoms with Gasteiger partial charge < -0.3 is 10.1 Å². The molecule has 0 aliphatic heterocycles. The lowest BCUT2D eigenvalue weighted by atomic mass is 10.0. The standard InChI is InChI=1S/C12H20BrN3OS/c1-5-12(6-2,18-4)8-15-11-14-7-9(13)10(16-11)17-3/h7H,5-6,8H2,1-4H3,(H,14,15,16). The summed E-state index contributed by atoms with van der Waals surface area (Å²) in [7, 11) is 1.60. The Balaban J connectivity index is 2.73. The summed E-state index contributed by atoms with van der Waals surface area (Å²) < 4.78 is 6.15. The molecule has 1 N–H and O–H groups in total. The summed E-state index contributed by atoms with van der Waals surface area (Å²) in [6.45, 7) is 5.28. The number of hydrogen-bond acceptors (Lipinski definition) is 5. The number of thioether (sulfide) groups is 1. The molecule has 1 heterocycles. The maximum absolute atomic E-state index is 5.15. The zero-order valence-electron chi connectivity index (χ0n) is 11.3. The molecule has 0 aliphatic carbocycles. The van der Waals surface area contributed by atoms with Gasteiger partial charge in [-0.1, -0.05) is 13.8 Å². The van der Waals surface area contributed by atoms with Crippen LogP contribution >= 0.6 is 27.7 Å². The van der Waals surface area contributed by atoms with Crippen LogP contribution in [0.2, 0.25) is 0 Å². The van der Waals surface area contributed by atoms with Gasteiger partial charge in [0, 0.05) is 11.3 Å². The molecule has 0 saturated heterocycles. The van der Waals surface area contributed by atoms with E-state index >= 15 is 0 Å². The van der Waals surface area contributed by atoms with Gasteiger partial charge in [0.15, 0.2) is 0 Å². The Morgan fingerprint density at radius 2 is 2.11 bits per heavy atom. The third kappa shape index (κ3) is 3.75. The summed E-state index contributed by atoms with van der Waals surface area (Å²) in [5.41, 5.74) is 0. The Morgan fingerprint density at radius 3 is 2.61 bits per heavy atom. The molecule has 0 fully saturated rings. The van der Waals surface area contributed by atoms with Crippen LogP contribution in [0.25, 0.3) is 0 Å². The molecule has 4 nitrogen and oxygen atoms in total. The van der Waals surface area contributed by atoms with Crippen LogP contribution in [-0.2, 0) is 0 Å². The average molecular weight is 334 g/mol. The van der Waals surface area contributed by atoms with Crippen molar-refractivity contribution in [1.82, 2.24) is 9.97 Å². The van der Waals surface area contributed by atoms with Gasteiger partial charge in [0.25, 0.3) is 0 Å². The lowest BCUT2D eigenvalue weighted by Gasteiger charge is -2.29. The molecule has 0 bridgehead atoms. The zero-order chi connectivity index (χ0) is 13.6. The summed E-state index contributed by atoms with van der Waals surface area (Å²) in [4.78, 5) is 8.53. The normalized spacial score (nSPS) is 11.4. The molecule has 1 aromatic heterocycles. The number of nitrogens with one attached hydrogen (secondary N) is 1. The van der Waals surface area contributed by atoms with Crippen molar-refractivity contribution in [3.05, 3.63) is 10.7 Å². The molecule has 0 saturated carbocycles. The lowest BCUT2D eigenvalue weighted by molar-refractivity contribution is 0.394. The third-order valence-electron chi connectivity index (χ3n) is 3.20. The van der Waals surface area contributed by atoms with Gasteiger partial charge in [0.2, 0.25) is 11.8 Å². The highest BCUT2D eigenvalue weighted by molar-refractivity contribution is 9.10. The topological polar surface area (TPSA) is 47.0 Å². The zero-order valence-corrected chi connectivity index (χ0v) is 13.7. The number of aromatic nitrogens is 2. The van der Waals surface area contributed by atoms with Crippen molar-refractivity contribution in [2.75, 3.05) is 25.2 Å². The molecule has 18 heavy (non-hydrogen) atoms. The molecule has 0 aliphatic rings. The minimum absolute atomic E-state index is 0.240. The van der Waals surface area contributed by atoms with E-state index < -0.39 is 0 Å². The molecule has 0 amide bonds. The first kappa shape index (κ1) is 15.6. The number of nitrogens with zero attached hydrogens (tertiary/aromatic N) is 2. The highest BCUT2D eigenvalue weighted by Crippen LogP contribution is 2.30. The highest BCUT2D eigenvalue weighted by atomic mass is 79.9. The molecular formula is C12H20BrN3OS. The molecule has 0 unspecified atom stereocenters. The van der Waals surface area contributed by atoms with Gasteiger partial charge in [-0.3, -0.25) is 0 Å². The Labute approximate surface area is 121 Å². The largest absolute Gasteiger partial charge is 0.480 e. The van der Waals surface area contributed by atoms with E-state index in [1.165, 1.54) is 0 Å². The molecule has 1 rings (SSSR count). The van der Waals surface area contributed by atoms with E-state index in [2.05, 4.69) is 51.3 Å². The van der Waals surface area contributed by atoms with Crippen molar-refractivity contribution in [2.24, 2.45) is 0 Å². The van der Waals surface area contributed by atoms with Gasteiger partial charge in [-0.2, -0.15) is 16.7 Å². The van der Waals surface area contributed by atoms with Crippen molar-refractivity contribution < 1.29 is 4.74 Å². The van der Waals surface area contributed by atoms with E-state index in [1.54, 1.807) is 13.3 Å². The predicted molar refractivity (Wildman–Crippen MR) is 81.6 cm³/mol. The van der Waals surface area contributed by atoms with Crippen LogP contribution in [0.4, 0.5) is 5.95 Å². The van der Waals surface area contributed by atoms with Gasteiger partial charge >= 0.3 is 0 Å².